The Balaban J connectivity index is 1.75. The van der Waals surface area contributed by atoms with Gasteiger partial charge in [0.1, 0.15) is 5.52 Å². The first-order chi connectivity index (χ1) is 13.1. The van der Waals surface area contributed by atoms with Crippen LogP contribution in [0.2, 0.25) is 0 Å². The fraction of sp³-hybridized carbons (Fsp3) is 0.222. The van der Waals surface area contributed by atoms with Crippen molar-refractivity contribution < 1.29 is 18.7 Å². The molecule has 2 aromatic carbocycles. The van der Waals surface area contributed by atoms with E-state index in [0.29, 0.717) is 34.5 Å². The van der Waals surface area contributed by atoms with E-state index in [1.807, 2.05) is 25.2 Å². The normalized spacial score (nSPS) is 11.0. The maximum absolute atomic E-state index is 5.44. The Morgan fingerprint density at radius 3 is 2.33 bits per heavy atom. The van der Waals surface area contributed by atoms with E-state index in [4.69, 9.17) is 18.7 Å². The van der Waals surface area contributed by atoms with Gasteiger partial charge in [0.2, 0.25) is 11.6 Å². The molecule has 27 heavy (non-hydrogen) atoms. The molecule has 0 aliphatic carbocycles. The molecule has 0 bridgehead atoms. The molecule has 0 saturated heterocycles. The van der Waals surface area contributed by atoms with Gasteiger partial charge in [0, 0.05) is 18.2 Å². The lowest BCUT2D eigenvalue weighted by molar-refractivity contribution is 0.324. The van der Waals surface area contributed by atoms with E-state index in [0.717, 1.165) is 16.6 Å². The summed E-state index contributed by atoms with van der Waals surface area (Å²) in [5, 5.41) is 12.2. The zero-order valence-electron chi connectivity index (χ0n) is 15.3. The fourth-order valence-electron chi connectivity index (χ4n) is 2.84. The van der Waals surface area contributed by atoms with Crippen LogP contribution < -0.4 is 14.2 Å². The van der Waals surface area contributed by atoms with Crippen LogP contribution in [0.25, 0.3) is 33.9 Å². The quantitative estimate of drug-likeness (QED) is 0.531. The summed E-state index contributed by atoms with van der Waals surface area (Å²) in [6.07, 6.45) is 0. The highest BCUT2D eigenvalue weighted by Crippen LogP contribution is 2.41. The van der Waals surface area contributed by atoms with Crippen LogP contribution in [0.3, 0.4) is 0 Å². The first-order valence-electron chi connectivity index (χ1n) is 8.08. The van der Waals surface area contributed by atoms with Gasteiger partial charge in [0.15, 0.2) is 11.5 Å². The second-order valence-corrected chi connectivity index (χ2v) is 5.75. The standard InChI is InChI=1S/C18H17N5O4/c1-23-13-6-5-10(7-12(13)20-22-23)17-19-18(27-21-17)11-8-14(24-2)16(26-4)15(9-11)25-3/h5-9H,1-4H3. The van der Waals surface area contributed by atoms with Gasteiger partial charge in [-0.25, -0.2) is 4.68 Å². The van der Waals surface area contributed by atoms with E-state index in [-0.39, 0.29) is 0 Å². The van der Waals surface area contributed by atoms with Crippen LogP contribution in [-0.4, -0.2) is 46.5 Å². The molecule has 0 N–H and O–H groups in total. The van der Waals surface area contributed by atoms with E-state index in [2.05, 4.69) is 20.5 Å². The van der Waals surface area contributed by atoms with Crippen molar-refractivity contribution in [2.75, 3.05) is 21.3 Å². The Bertz CT molecular complexity index is 1090. The Labute approximate surface area is 154 Å². The molecule has 0 radical (unpaired) electrons. The van der Waals surface area contributed by atoms with Gasteiger partial charge in [0.05, 0.1) is 26.8 Å². The average molecular weight is 367 g/mol. The summed E-state index contributed by atoms with van der Waals surface area (Å²) in [7, 11) is 6.49. The molecule has 2 aromatic heterocycles. The number of nitrogens with zero attached hydrogens (tertiary/aromatic N) is 5. The van der Waals surface area contributed by atoms with Crippen LogP contribution >= 0.6 is 0 Å². The summed E-state index contributed by atoms with van der Waals surface area (Å²) in [4.78, 5) is 4.49. The highest BCUT2D eigenvalue weighted by atomic mass is 16.5. The van der Waals surface area contributed by atoms with Gasteiger partial charge in [-0.05, 0) is 30.3 Å². The summed E-state index contributed by atoms with van der Waals surface area (Å²) in [6.45, 7) is 0. The molecule has 0 aliphatic rings. The van der Waals surface area contributed by atoms with Crippen LogP contribution in [0.4, 0.5) is 0 Å². The van der Waals surface area contributed by atoms with Gasteiger partial charge < -0.3 is 18.7 Å². The molecule has 9 nitrogen and oxygen atoms in total. The van der Waals surface area contributed by atoms with E-state index in [9.17, 15) is 0 Å². The third-order valence-electron chi connectivity index (χ3n) is 4.21. The van der Waals surface area contributed by atoms with Crippen LogP contribution in [0.15, 0.2) is 34.9 Å². The molecule has 9 heteroatoms. The number of aryl methyl sites for hydroxylation is 1. The van der Waals surface area contributed by atoms with Crippen LogP contribution in [0.1, 0.15) is 0 Å². The predicted octanol–water partition coefficient (Wildman–Crippen LogP) is 2.71. The second-order valence-electron chi connectivity index (χ2n) is 5.75. The molecule has 4 rings (SSSR count). The maximum atomic E-state index is 5.44. The zero-order valence-corrected chi connectivity index (χ0v) is 15.3. The van der Waals surface area contributed by atoms with Crippen LogP contribution in [-0.2, 0) is 7.05 Å². The monoisotopic (exact) mass is 367 g/mol. The maximum Gasteiger partial charge on any atom is 0.258 e. The lowest BCUT2D eigenvalue weighted by Gasteiger charge is -2.12. The van der Waals surface area contributed by atoms with Gasteiger partial charge in [0.25, 0.3) is 5.89 Å². The minimum absolute atomic E-state index is 0.337. The van der Waals surface area contributed by atoms with E-state index >= 15 is 0 Å². The summed E-state index contributed by atoms with van der Waals surface area (Å²) < 4.78 is 23.2. The van der Waals surface area contributed by atoms with Crippen molar-refractivity contribution in [1.82, 2.24) is 25.1 Å². The molecular weight excluding hydrogens is 350 g/mol. The topological polar surface area (TPSA) is 97.3 Å². The lowest BCUT2D eigenvalue weighted by Crippen LogP contribution is -1.95. The highest BCUT2D eigenvalue weighted by molar-refractivity contribution is 5.80. The number of benzene rings is 2. The van der Waals surface area contributed by atoms with Crippen molar-refractivity contribution in [2.24, 2.45) is 7.05 Å². The van der Waals surface area contributed by atoms with Crippen molar-refractivity contribution in [3.63, 3.8) is 0 Å². The predicted molar refractivity (Wildman–Crippen MR) is 96.9 cm³/mol. The smallest absolute Gasteiger partial charge is 0.258 e. The molecule has 2 heterocycles. The molecule has 4 aromatic rings. The first kappa shape index (κ1) is 16.8. The summed E-state index contributed by atoms with van der Waals surface area (Å²) in [6, 6.07) is 9.19. The minimum Gasteiger partial charge on any atom is -0.493 e. The molecule has 138 valence electrons. The van der Waals surface area contributed by atoms with E-state index in [1.165, 1.54) is 0 Å². The number of hydrogen-bond donors (Lipinski definition) is 0. The Hall–Kier alpha value is -3.62. The molecule has 0 fully saturated rings. The molecular formula is C18H17N5O4. The van der Waals surface area contributed by atoms with Crippen molar-refractivity contribution in [2.45, 2.75) is 0 Å². The lowest BCUT2D eigenvalue weighted by atomic mass is 10.1. The van der Waals surface area contributed by atoms with Gasteiger partial charge in [-0.2, -0.15) is 4.98 Å². The van der Waals surface area contributed by atoms with Gasteiger partial charge in [-0.1, -0.05) is 10.4 Å². The van der Waals surface area contributed by atoms with E-state index < -0.39 is 0 Å². The SMILES string of the molecule is COc1cc(-c2nc(-c3ccc4c(c3)nnn4C)no2)cc(OC)c1OC. The number of aromatic nitrogens is 5. The number of fused-ring (bicyclic) bond motifs is 1. The molecule has 0 unspecified atom stereocenters. The van der Waals surface area contributed by atoms with E-state index in [1.54, 1.807) is 38.1 Å². The molecule has 0 saturated carbocycles. The summed E-state index contributed by atoms with van der Waals surface area (Å²) >= 11 is 0. The van der Waals surface area contributed by atoms with Gasteiger partial charge in [-0.3, -0.25) is 0 Å². The zero-order chi connectivity index (χ0) is 19.0. The number of rotatable bonds is 5. The van der Waals surface area contributed by atoms with Crippen LogP contribution in [0.5, 0.6) is 17.2 Å². The number of methoxy groups -OCH3 is 3. The van der Waals surface area contributed by atoms with Crippen molar-refractivity contribution in [3.05, 3.63) is 30.3 Å². The third-order valence-corrected chi connectivity index (χ3v) is 4.21. The van der Waals surface area contributed by atoms with Crippen molar-refractivity contribution >= 4 is 11.0 Å². The molecule has 0 aliphatic heterocycles. The first-order valence-corrected chi connectivity index (χ1v) is 8.08. The Morgan fingerprint density at radius 1 is 0.926 bits per heavy atom. The van der Waals surface area contributed by atoms with Gasteiger partial charge >= 0.3 is 0 Å². The highest BCUT2D eigenvalue weighted by Gasteiger charge is 2.18. The Morgan fingerprint density at radius 2 is 1.67 bits per heavy atom. The summed E-state index contributed by atoms with van der Waals surface area (Å²) in [5.41, 5.74) is 3.12. The van der Waals surface area contributed by atoms with Gasteiger partial charge in [-0.15, -0.1) is 5.10 Å². The average Bonchev–Trinajstić information content (AvgIpc) is 3.34. The molecule has 0 spiro atoms. The Kier molecular flexibility index (Phi) is 4.11. The largest absolute Gasteiger partial charge is 0.493 e. The molecule has 0 amide bonds. The second kappa shape index (κ2) is 6.60. The number of hydrogen-bond acceptors (Lipinski definition) is 8. The summed E-state index contributed by atoms with van der Waals surface area (Å²) in [5.74, 6) is 2.30. The van der Waals surface area contributed by atoms with Crippen molar-refractivity contribution in [3.8, 4) is 40.1 Å². The molecule has 0 atom stereocenters. The van der Waals surface area contributed by atoms with Crippen molar-refractivity contribution in [1.29, 1.82) is 0 Å². The fourth-order valence-corrected chi connectivity index (χ4v) is 2.84. The number of ether oxygens (including phenoxy) is 3. The van der Waals surface area contributed by atoms with Crippen LogP contribution in [0, 0.1) is 0 Å². The third kappa shape index (κ3) is 2.82. The minimum atomic E-state index is 0.337.